The number of allylic oxidation sites excluding steroid dienone is 1. The zero-order valence-electron chi connectivity index (χ0n) is 19.8. The maximum absolute atomic E-state index is 6.35. The van der Waals surface area contributed by atoms with Gasteiger partial charge in [0.1, 0.15) is 11.6 Å². The van der Waals surface area contributed by atoms with E-state index in [2.05, 4.69) is 66.9 Å². The van der Waals surface area contributed by atoms with Crippen LogP contribution < -0.4 is 11.1 Å². The van der Waals surface area contributed by atoms with Gasteiger partial charge in [-0.3, -0.25) is 0 Å². The molecule has 4 rings (SSSR count). The molecule has 33 heavy (non-hydrogen) atoms. The number of nitrogens with zero attached hydrogens (tertiary/aromatic N) is 3. The first-order chi connectivity index (χ1) is 15.9. The molecule has 5 heteroatoms. The summed E-state index contributed by atoms with van der Waals surface area (Å²) in [4.78, 5) is 13.8. The number of pyridine rings is 1. The van der Waals surface area contributed by atoms with Crippen molar-refractivity contribution in [1.82, 2.24) is 15.0 Å². The number of hydrogen-bond donors (Lipinski definition) is 2. The SMILES string of the molecule is CCC=C=Cc1cc(C)c(-c2cccc3c(N)nc(Nc4cc(C)c(C)cn4)nc23)c(C)c1. The molecule has 0 radical (unpaired) electrons. The molecule has 5 nitrogen and oxygen atoms in total. The van der Waals surface area contributed by atoms with Gasteiger partial charge in [0.15, 0.2) is 0 Å². The predicted octanol–water partition coefficient (Wildman–Crippen LogP) is 6.83. The summed E-state index contributed by atoms with van der Waals surface area (Å²) < 4.78 is 0. The summed E-state index contributed by atoms with van der Waals surface area (Å²) in [5, 5.41) is 4.05. The molecule has 0 spiro atoms. The zero-order valence-corrected chi connectivity index (χ0v) is 19.8. The lowest BCUT2D eigenvalue weighted by Crippen LogP contribution is -2.04. The second-order valence-electron chi connectivity index (χ2n) is 8.37. The Morgan fingerprint density at radius 1 is 0.970 bits per heavy atom. The lowest BCUT2D eigenvalue weighted by molar-refractivity contribution is 1.16. The maximum atomic E-state index is 6.35. The summed E-state index contributed by atoms with van der Waals surface area (Å²) in [5.74, 6) is 1.56. The molecule has 0 aliphatic rings. The van der Waals surface area contributed by atoms with E-state index in [-0.39, 0.29) is 0 Å². The van der Waals surface area contributed by atoms with E-state index in [1.54, 1.807) is 0 Å². The molecular formula is C28H29N5. The van der Waals surface area contributed by atoms with Gasteiger partial charge in [-0.1, -0.05) is 31.2 Å². The summed E-state index contributed by atoms with van der Waals surface area (Å²) in [6.45, 7) is 10.5. The average Bonchev–Trinajstić information content (AvgIpc) is 2.76. The van der Waals surface area contributed by atoms with Crippen LogP contribution >= 0.6 is 0 Å². The highest BCUT2D eigenvalue weighted by Crippen LogP contribution is 2.35. The highest BCUT2D eigenvalue weighted by molar-refractivity contribution is 6.00. The first kappa shape index (κ1) is 22.3. The smallest absolute Gasteiger partial charge is 0.230 e. The van der Waals surface area contributed by atoms with Gasteiger partial charge in [-0.25, -0.2) is 9.97 Å². The number of aromatic nitrogens is 3. The molecule has 0 atom stereocenters. The standard InChI is InChI=1S/C28H29N5/c1-6-7-8-10-21-13-18(3)25(19(4)14-21)22-11-9-12-23-26(22)32-28(33-27(23)29)31-24-15-17(2)20(5)16-30-24/h7,9-16H,6H2,1-5H3,(H3,29,30,31,32,33). The van der Waals surface area contributed by atoms with Crippen molar-refractivity contribution in [3.05, 3.63) is 82.2 Å². The Morgan fingerprint density at radius 2 is 1.73 bits per heavy atom. The third-order valence-electron chi connectivity index (χ3n) is 5.76. The third kappa shape index (κ3) is 4.64. The number of nitrogen functional groups attached to an aromatic ring is 1. The molecule has 0 amide bonds. The molecule has 2 aromatic carbocycles. The van der Waals surface area contributed by atoms with Crippen LogP contribution in [0.4, 0.5) is 17.6 Å². The van der Waals surface area contributed by atoms with Gasteiger partial charge in [-0.15, -0.1) is 5.73 Å². The van der Waals surface area contributed by atoms with Gasteiger partial charge >= 0.3 is 0 Å². The number of aryl methyl sites for hydroxylation is 4. The molecule has 2 aromatic heterocycles. The van der Waals surface area contributed by atoms with E-state index < -0.39 is 0 Å². The van der Waals surface area contributed by atoms with Crippen LogP contribution in [-0.2, 0) is 0 Å². The van der Waals surface area contributed by atoms with Gasteiger partial charge in [0.25, 0.3) is 0 Å². The second-order valence-corrected chi connectivity index (χ2v) is 8.37. The van der Waals surface area contributed by atoms with Crippen molar-refractivity contribution < 1.29 is 0 Å². The van der Waals surface area contributed by atoms with Gasteiger partial charge in [0.2, 0.25) is 5.95 Å². The van der Waals surface area contributed by atoms with Crippen LogP contribution in [0.25, 0.3) is 28.1 Å². The van der Waals surface area contributed by atoms with Gasteiger partial charge in [-0.05, 0) is 91.8 Å². The van der Waals surface area contributed by atoms with Crippen LogP contribution in [0.1, 0.15) is 41.2 Å². The highest BCUT2D eigenvalue weighted by Gasteiger charge is 2.15. The largest absolute Gasteiger partial charge is 0.383 e. The number of nitrogens with two attached hydrogens (primary N) is 1. The van der Waals surface area contributed by atoms with Gasteiger partial charge < -0.3 is 11.1 Å². The summed E-state index contributed by atoms with van der Waals surface area (Å²) in [6.07, 6.45) is 6.86. The molecule has 0 saturated carbocycles. The van der Waals surface area contributed by atoms with Crippen molar-refractivity contribution in [2.24, 2.45) is 0 Å². The van der Waals surface area contributed by atoms with Crippen molar-refractivity contribution in [1.29, 1.82) is 0 Å². The molecule has 2 heterocycles. The fourth-order valence-electron chi connectivity index (χ4n) is 4.02. The number of benzene rings is 2. The number of fused-ring (bicyclic) bond motifs is 1. The van der Waals surface area contributed by atoms with Gasteiger partial charge in [0, 0.05) is 17.1 Å². The van der Waals surface area contributed by atoms with Crippen molar-refractivity contribution in [2.45, 2.75) is 41.0 Å². The van der Waals surface area contributed by atoms with Crippen LogP contribution in [0.3, 0.4) is 0 Å². The Morgan fingerprint density at radius 3 is 2.42 bits per heavy atom. The van der Waals surface area contributed by atoms with Gasteiger partial charge in [-0.2, -0.15) is 4.98 Å². The monoisotopic (exact) mass is 435 g/mol. The highest BCUT2D eigenvalue weighted by atomic mass is 15.2. The minimum absolute atomic E-state index is 0.433. The molecule has 0 unspecified atom stereocenters. The van der Waals surface area contributed by atoms with E-state index in [4.69, 9.17) is 10.7 Å². The lowest BCUT2D eigenvalue weighted by Gasteiger charge is -2.15. The maximum Gasteiger partial charge on any atom is 0.230 e. The van der Waals surface area contributed by atoms with Crippen LogP contribution in [-0.4, -0.2) is 15.0 Å². The Hall–Kier alpha value is -3.95. The van der Waals surface area contributed by atoms with E-state index in [0.29, 0.717) is 17.6 Å². The Bertz CT molecular complexity index is 1390. The Balaban J connectivity index is 1.83. The Labute approximate surface area is 195 Å². The fourth-order valence-corrected chi connectivity index (χ4v) is 4.02. The number of rotatable bonds is 5. The molecular weight excluding hydrogens is 406 g/mol. The van der Waals surface area contributed by atoms with E-state index in [1.165, 1.54) is 11.1 Å². The van der Waals surface area contributed by atoms with Crippen LogP contribution in [0.2, 0.25) is 0 Å². The van der Waals surface area contributed by atoms with Crippen LogP contribution in [0, 0.1) is 27.7 Å². The van der Waals surface area contributed by atoms with E-state index in [1.807, 2.05) is 43.5 Å². The molecule has 166 valence electrons. The quantitative estimate of drug-likeness (QED) is 0.336. The molecule has 4 aromatic rings. The second kappa shape index (κ2) is 9.27. The molecule has 3 N–H and O–H groups in total. The molecule has 0 aliphatic heterocycles. The summed E-state index contributed by atoms with van der Waals surface area (Å²) in [5.41, 5.74) is 18.4. The van der Waals surface area contributed by atoms with Crippen molar-refractivity contribution in [2.75, 3.05) is 11.1 Å². The van der Waals surface area contributed by atoms with E-state index in [0.717, 1.165) is 45.1 Å². The zero-order chi connectivity index (χ0) is 23.5. The average molecular weight is 436 g/mol. The minimum atomic E-state index is 0.433. The van der Waals surface area contributed by atoms with Crippen molar-refractivity contribution in [3.8, 4) is 11.1 Å². The summed E-state index contributed by atoms with van der Waals surface area (Å²) in [6, 6.07) is 12.4. The Kier molecular flexibility index (Phi) is 6.25. The fraction of sp³-hybridized carbons (Fsp3) is 0.214. The van der Waals surface area contributed by atoms with E-state index >= 15 is 0 Å². The normalized spacial score (nSPS) is 10.7. The number of para-hydroxylation sites is 1. The molecule has 0 fully saturated rings. The third-order valence-corrected chi connectivity index (χ3v) is 5.76. The first-order valence-electron chi connectivity index (χ1n) is 11.2. The summed E-state index contributed by atoms with van der Waals surface area (Å²) in [7, 11) is 0. The number of nitrogens with one attached hydrogen (secondary N) is 1. The first-order valence-corrected chi connectivity index (χ1v) is 11.2. The lowest BCUT2D eigenvalue weighted by atomic mass is 9.92. The minimum Gasteiger partial charge on any atom is -0.383 e. The van der Waals surface area contributed by atoms with Crippen molar-refractivity contribution in [3.63, 3.8) is 0 Å². The molecule has 0 aliphatic carbocycles. The number of hydrogen-bond acceptors (Lipinski definition) is 5. The number of anilines is 3. The van der Waals surface area contributed by atoms with Crippen LogP contribution in [0.15, 0.2) is 54.4 Å². The predicted molar refractivity (Wildman–Crippen MR) is 139 cm³/mol. The molecule has 0 bridgehead atoms. The van der Waals surface area contributed by atoms with E-state index in [9.17, 15) is 0 Å². The van der Waals surface area contributed by atoms with Crippen LogP contribution in [0.5, 0.6) is 0 Å². The van der Waals surface area contributed by atoms with Crippen molar-refractivity contribution >= 4 is 34.6 Å². The summed E-state index contributed by atoms with van der Waals surface area (Å²) >= 11 is 0. The molecule has 0 saturated heterocycles. The topological polar surface area (TPSA) is 76.7 Å². The van der Waals surface area contributed by atoms with Gasteiger partial charge in [0.05, 0.1) is 5.52 Å².